The SMILES string of the molecule is CC(CCC(C)NC1CC2(C1)CN(S(=O)(=O)c1ccccc1F)C2)CC(=O)O. The summed E-state index contributed by atoms with van der Waals surface area (Å²) in [6.45, 7) is 4.96. The van der Waals surface area contributed by atoms with Gasteiger partial charge in [0.2, 0.25) is 10.0 Å². The molecule has 1 spiro atoms. The average molecular weight is 413 g/mol. The van der Waals surface area contributed by atoms with E-state index in [1.54, 1.807) is 0 Å². The number of carboxylic acid groups (broad SMARTS) is 1. The number of aliphatic carboxylic acids is 1. The summed E-state index contributed by atoms with van der Waals surface area (Å²) in [5, 5.41) is 12.4. The molecule has 2 unspecified atom stereocenters. The van der Waals surface area contributed by atoms with Crippen LogP contribution in [0.15, 0.2) is 29.2 Å². The van der Waals surface area contributed by atoms with Crippen molar-refractivity contribution in [2.45, 2.75) is 62.9 Å². The van der Waals surface area contributed by atoms with Crippen molar-refractivity contribution in [1.29, 1.82) is 0 Å². The van der Waals surface area contributed by atoms with Crippen LogP contribution < -0.4 is 5.32 Å². The van der Waals surface area contributed by atoms with Crippen molar-refractivity contribution in [2.75, 3.05) is 13.1 Å². The molecule has 3 rings (SSSR count). The summed E-state index contributed by atoms with van der Waals surface area (Å²) >= 11 is 0. The molecule has 1 saturated heterocycles. The Hall–Kier alpha value is -1.51. The summed E-state index contributed by atoms with van der Waals surface area (Å²) in [7, 11) is -3.76. The molecule has 8 heteroatoms. The number of carboxylic acids is 1. The Morgan fingerprint density at radius 2 is 1.93 bits per heavy atom. The fourth-order valence-electron chi connectivity index (χ4n) is 4.45. The van der Waals surface area contributed by atoms with E-state index in [0.717, 1.165) is 25.7 Å². The van der Waals surface area contributed by atoms with E-state index in [2.05, 4.69) is 12.2 Å². The Bertz CT molecular complexity index is 815. The summed E-state index contributed by atoms with van der Waals surface area (Å²) in [6.07, 6.45) is 3.83. The predicted molar refractivity (Wildman–Crippen MR) is 104 cm³/mol. The van der Waals surface area contributed by atoms with Crippen LogP contribution in [-0.2, 0) is 14.8 Å². The highest BCUT2D eigenvalue weighted by molar-refractivity contribution is 7.89. The smallest absolute Gasteiger partial charge is 0.303 e. The van der Waals surface area contributed by atoms with Gasteiger partial charge in [0.25, 0.3) is 0 Å². The van der Waals surface area contributed by atoms with Crippen molar-refractivity contribution >= 4 is 16.0 Å². The molecule has 156 valence electrons. The first-order valence-electron chi connectivity index (χ1n) is 9.84. The van der Waals surface area contributed by atoms with Crippen LogP contribution in [0.1, 0.15) is 46.0 Å². The fraction of sp³-hybridized carbons (Fsp3) is 0.650. The third-order valence-electron chi connectivity index (χ3n) is 5.97. The summed E-state index contributed by atoms with van der Waals surface area (Å²) in [4.78, 5) is 10.5. The highest BCUT2D eigenvalue weighted by Gasteiger charge is 2.55. The number of halogens is 1. The lowest BCUT2D eigenvalue weighted by molar-refractivity contribution is -0.138. The molecule has 2 N–H and O–H groups in total. The molecule has 0 amide bonds. The summed E-state index contributed by atoms with van der Waals surface area (Å²) in [5.41, 5.74) is 0.0202. The number of nitrogens with one attached hydrogen (secondary N) is 1. The van der Waals surface area contributed by atoms with Gasteiger partial charge in [-0.05, 0) is 50.7 Å². The molecule has 6 nitrogen and oxygen atoms in total. The van der Waals surface area contributed by atoms with Crippen molar-refractivity contribution in [2.24, 2.45) is 11.3 Å². The van der Waals surface area contributed by atoms with Gasteiger partial charge in [-0.25, -0.2) is 12.8 Å². The maximum atomic E-state index is 13.9. The van der Waals surface area contributed by atoms with Crippen LogP contribution in [0.3, 0.4) is 0 Å². The van der Waals surface area contributed by atoms with Crippen LogP contribution in [0.2, 0.25) is 0 Å². The zero-order valence-electron chi connectivity index (χ0n) is 16.4. The number of rotatable bonds is 9. The van der Waals surface area contributed by atoms with Crippen LogP contribution in [0, 0.1) is 17.2 Å². The molecule has 2 atom stereocenters. The van der Waals surface area contributed by atoms with Crippen molar-refractivity contribution in [3.8, 4) is 0 Å². The Kier molecular flexibility index (Phi) is 6.12. The normalized spacial score (nSPS) is 21.7. The second-order valence-electron chi connectivity index (χ2n) is 8.66. The fourth-order valence-corrected chi connectivity index (χ4v) is 6.18. The zero-order chi connectivity index (χ0) is 20.5. The number of hydrogen-bond acceptors (Lipinski definition) is 4. The molecule has 1 heterocycles. The highest BCUT2D eigenvalue weighted by Crippen LogP contribution is 2.50. The van der Waals surface area contributed by atoms with Gasteiger partial charge in [-0.15, -0.1) is 0 Å². The highest BCUT2D eigenvalue weighted by atomic mass is 32.2. The molecule has 1 aromatic rings. The molecule has 1 aromatic carbocycles. The van der Waals surface area contributed by atoms with Gasteiger partial charge in [0.05, 0.1) is 0 Å². The quantitative estimate of drug-likeness (QED) is 0.651. The van der Waals surface area contributed by atoms with Crippen molar-refractivity contribution in [3.63, 3.8) is 0 Å². The largest absolute Gasteiger partial charge is 0.481 e. The van der Waals surface area contributed by atoms with E-state index in [4.69, 9.17) is 5.11 Å². The van der Waals surface area contributed by atoms with E-state index in [1.165, 1.54) is 28.6 Å². The lowest BCUT2D eigenvalue weighted by Crippen LogP contribution is -2.67. The number of benzene rings is 1. The molecule has 1 saturated carbocycles. The molecular formula is C20H29FN2O4S. The topological polar surface area (TPSA) is 86.7 Å². The van der Waals surface area contributed by atoms with Crippen LogP contribution in [-0.4, -0.2) is 49.0 Å². The number of nitrogens with zero attached hydrogens (tertiary/aromatic N) is 1. The Morgan fingerprint density at radius 1 is 1.29 bits per heavy atom. The van der Waals surface area contributed by atoms with Crippen molar-refractivity contribution < 1.29 is 22.7 Å². The average Bonchev–Trinajstić information content (AvgIpc) is 2.53. The van der Waals surface area contributed by atoms with E-state index in [9.17, 15) is 17.6 Å². The molecule has 2 fully saturated rings. The number of hydrogen-bond donors (Lipinski definition) is 2. The van der Waals surface area contributed by atoms with Crippen LogP contribution in [0.4, 0.5) is 4.39 Å². The van der Waals surface area contributed by atoms with Crippen LogP contribution >= 0.6 is 0 Å². The van der Waals surface area contributed by atoms with Gasteiger partial charge in [-0.1, -0.05) is 19.1 Å². The van der Waals surface area contributed by atoms with Crippen LogP contribution in [0.25, 0.3) is 0 Å². The molecule has 0 bridgehead atoms. The van der Waals surface area contributed by atoms with Gasteiger partial charge in [0.1, 0.15) is 10.7 Å². The lowest BCUT2D eigenvalue weighted by Gasteiger charge is -2.58. The Labute approximate surface area is 166 Å². The molecular weight excluding hydrogens is 383 g/mol. The molecule has 1 aliphatic carbocycles. The minimum absolute atomic E-state index is 0.0202. The summed E-state index contributed by atoms with van der Waals surface area (Å²) < 4.78 is 40.4. The first-order valence-corrected chi connectivity index (χ1v) is 11.3. The van der Waals surface area contributed by atoms with E-state index in [-0.39, 0.29) is 22.6 Å². The van der Waals surface area contributed by atoms with Gasteiger partial charge in [-0.3, -0.25) is 4.79 Å². The van der Waals surface area contributed by atoms with Crippen molar-refractivity contribution in [1.82, 2.24) is 9.62 Å². The third kappa shape index (κ3) is 4.55. The molecule has 0 radical (unpaired) electrons. The minimum Gasteiger partial charge on any atom is -0.481 e. The van der Waals surface area contributed by atoms with E-state index in [1.807, 2.05) is 6.92 Å². The molecule has 0 aromatic heterocycles. The monoisotopic (exact) mass is 412 g/mol. The second kappa shape index (κ2) is 8.08. The van der Waals surface area contributed by atoms with Gasteiger partial charge in [0.15, 0.2) is 0 Å². The Balaban J connectivity index is 1.42. The zero-order valence-corrected chi connectivity index (χ0v) is 17.2. The second-order valence-corrected chi connectivity index (χ2v) is 10.6. The summed E-state index contributed by atoms with van der Waals surface area (Å²) in [5.74, 6) is -1.30. The van der Waals surface area contributed by atoms with E-state index < -0.39 is 21.8 Å². The van der Waals surface area contributed by atoms with Gasteiger partial charge < -0.3 is 10.4 Å². The molecule has 28 heavy (non-hydrogen) atoms. The third-order valence-corrected chi connectivity index (χ3v) is 7.80. The molecule has 1 aliphatic heterocycles. The first-order chi connectivity index (χ1) is 13.1. The number of carbonyl (C=O) groups is 1. The van der Waals surface area contributed by atoms with Gasteiger partial charge in [0, 0.05) is 37.0 Å². The standard InChI is InChI=1S/C20H29FN2O4S/c1-14(9-19(24)25)7-8-15(2)22-16-10-20(11-16)12-23(13-20)28(26,27)18-6-4-3-5-17(18)21/h3-6,14-16,22H,7-13H2,1-2H3,(H,24,25). The van der Waals surface area contributed by atoms with E-state index in [0.29, 0.717) is 25.2 Å². The molecule has 2 aliphatic rings. The van der Waals surface area contributed by atoms with E-state index >= 15 is 0 Å². The maximum absolute atomic E-state index is 13.9. The number of sulfonamides is 1. The maximum Gasteiger partial charge on any atom is 0.303 e. The minimum atomic E-state index is -3.76. The predicted octanol–water partition coefficient (Wildman–Crippen LogP) is 2.85. The van der Waals surface area contributed by atoms with Crippen molar-refractivity contribution in [3.05, 3.63) is 30.1 Å². The Morgan fingerprint density at radius 3 is 2.54 bits per heavy atom. The first kappa shape index (κ1) is 21.2. The van der Waals surface area contributed by atoms with Crippen LogP contribution in [0.5, 0.6) is 0 Å². The van der Waals surface area contributed by atoms with Gasteiger partial charge in [-0.2, -0.15) is 4.31 Å². The summed E-state index contributed by atoms with van der Waals surface area (Å²) in [6, 6.07) is 6.17. The van der Waals surface area contributed by atoms with Gasteiger partial charge >= 0.3 is 5.97 Å². The lowest BCUT2D eigenvalue weighted by atomic mass is 9.61.